The van der Waals surface area contributed by atoms with Gasteiger partial charge in [0.2, 0.25) is 0 Å². The molecule has 0 aromatic heterocycles. The fraction of sp³-hybridized carbons (Fsp3) is 0.417. The van der Waals surface area contributed by atoms with E-state index in [4.69, 9.17) is 0 Å². The highest BCUT2D eigenvalue weighted by Gasteiger charge is 2.09. The fourth-order valence-electron chi connectivity index (χ4n) is 1.84. The van der Waals surface area contributed by atoms with Crippen LogP contribution < -0.4 is 5.32 Å². The molecule has 2 nitrogen and oxygen atoms in total. The van der Waals surface area contributed by atoms with E-state index in [-0.39, 0.29) is 5.82 Å². The van der Waals surface area contributed by atoms with E-state index in [1.807, 2.05) is 13.0 Å². The highest BCUT2D eigenvalue weighted by atomic mass is 19.1. The van der Waals surface area contributed by atoms with Crippen LogP contribution in [0.4, 0.5) is 4.39 Å². The van der Waals surface area contributed by atoms with E-state index in [0.717, 1.165) is 37.3 Å². The minimum absolute atomic E-state index is 0.156. The van der Waals surface area contributed by atoms with Crippen LogP contribution in [0.2, 0.25) is 0 Å². The maximum Gasteiger partial charge on any atom is 0.123 e. The molecule has 1 aromatic rings. The summed E-state index contributed by atoms with van der Waals surface area (Å²) in [7, 11) is 0. The summed E-state index contributed by atoms with van der Waals surface area (Å²) in [6.45, 7) is 3.83. The SMILES string of the molecule is CCc1cc(F)ccc1CC1=NCCN1. The van der Waals surface area contributed by atoms with Crippen molar-refractivity contribution in [2.45, 2.75) is 19.8 Å². The van der Waals surface area contributed by atoms with Crippen molar-refractivity contribution in [1.29, 1.82) is 0 Å². The zero-order chi connectivity index (χ0) is 10.7. The minimum Gasteiger partial charge on any atom is -0.372 e. The molecule has 80 valence electrons. The van der Waals surface area contributed by atoms with Crippen molar-refractivity contribution in [3.05, 3.63) is 35.1 Å². The van der Waals surface area contributed by atoms with E-state index in [1.165, 1.54) is 11.6 Å². The molecule has 0 amide bonds. The van der Waals surface area contributed by atoms with Crippen LogP contribution >= 0.6 is 0 Å². The molecule has 0 spiro atoms. The predicted molar refractivity (Wildman–Crippen MR) is 59.8 cm³/mol. The van der Waals surface area contributed by atoms with E-state index in [1.54, 1.807) is 6.07 Å². The molecule has 0 atom stereocenters. The third kappa shape index (κ3) is 2.35. The second kappa shape index (κ2) is 4.43. The summed E-state index contributed by atoms with van der Waals surface area (Å²) < 4.78 is 13.0. The van der Waals surface area contributed by atoms with Gasteiger partial charge in [-0.15, -0.1) is 0 Å². The molecule has 1 aliphatic heterocycles. The Hall–Kier alpha value is -1.38. The molecule has 0 aliphatic carbocycles. The first-order valence-corrected chi connectivity index (χ1v) is 5.34. The molecule has 0 radical (unpaired) electrons. The van der Waals surface area contributed by atoms with Crippen LogP contribution in [0.3, 0.4) is 0 Å². The minimum atomic E-state index is -0.156. The number of aliphatic imine (C=N–C) groups is 1. The lowest BCUT2D eigenvalue weighted by molar-refractivity contribution is 0.625. The molecule has 2 rings (SSSR count). The average molecular weight is 206 g/mol. The van der Waals surface area contributed by atoms with Crippen LogP contribution in [0, 0.1) is 5.82 Å². The van der Waals surface area contributed by atoms with Crippen LogP contribution in [0.15, 0.2) is 23.2 Å². The number of benzene rings is 1. The lowest BCUT2D eigenvalue weighted by Crippen LogP contribution is -2.21. The zero-order valence-electron chi connectivity index (χ0n) is 8.89. The van der Waals surface area contributed by atoms with Gasteiger partial charge in [-0.1, -0.05) is 13.0 Å². The van der Waals surface area contributed by atoms with Gasteiger partial charge in [0, 0.05) is 13.0 Å². The normalized spacial score (nSPS) is 14.9. The Balaban J connectivity index is 2.19. The smallest absolute Gasteiger partial charge is 0.123 e. The van der Waals surface area contributed by atoms with Crippen molar-refractivity contribution in [2.75, 3.05) is 13.1 Å². The summed E-state index contributed by atoms with van der Waals surface area (Å²) in [6.07, 6.45) is 1.66. The standard InChI is InChI=1S/C12H15FN2/c1-2-9-7-11(13)4-3-10(9)8-12-14-5-6-15-12/h3-4,7H,2,5-6,8H2,1H3,(H,14,15). The van der Waals surface area contributed by atoms with Gasteiger partial charge in [-0.05, 0) is 29.7 Å². The van der Waals surface area contributed by atoms with Gasteiger partial charge in [0.15, 0.2) is 0 Å². The highest BCUT2D eigenvalue weighted by Crippen LogP contribution is 2.13. The number of halogens is 1. The Morgan fingerprint density at radius 2 is 2.27 bits per heavy atom. The maximum atomic E-state index is 13.0. The molecule has 0 saturated heterocycles. The van der Waals surface area contributed by atoms with Gasteiger partial charge < -0.3 is 5.32 Å². The van der Waals surface area contributed by atoms with Gasteiger partial charge in [0.25, 0.3) is 0 Å². The van der Waals surface area contributed by atoms with Gasteiger partial charge >= 0.3 is 0 Å². The van der Waals surface area contributed by atoms with Gasteiger partial charge in [0.05, 0.1) is 6.54 Å². The van der Waals surface area contributed by atoms with Crippen LogP contribution in [-0.2, 0) is 12.8 Å². The molecule has 0 saturated carbocycles. The third-order valence-corrected chi connectivity index (χ3v) is 2.65. The molecular weight excluding hydrogens is 191 g/mol. The maximum absolute atomic E-state index is 13.0. The first kappa shape index (κ1) is 10.1. The largest absolute Gasteiger partial charge is 0.372 e. The third-order valence-electron chi connectivity index (χ3n) is 2.65. The topological polar surface area (TPSA) is 24.4 Å². The number of amidine groups is 1. The first-order chi connectivity index (χ1) is 7.29. The lowest BCUT2D eigenvalue weighted by Gasteiger charge is -2.08. The number of rotatable bonds is 3. The highest BCUT2D eigenvalue weighted by molar-refractivity contribution is 5.85. The molecule has 0 bridgehead atoms. The molecule has 3 heteroatoms. The number of nitrogens with zero attached hydrogens (tertiary/aromatic N) is 1. The van der Waals surface area contributed by atoms with E-state index < -0.39 is 0 Å². The van der Waals surface area contributed by atoms with Gasteiger partial charge in [-0.2, -0.15) is 0 Å². The first-order valence-electron chi connectivity index (χ1n) is 5.34. The summed E-state index contributed by atoms with van der Waals surface area (Å²) in [4.78, 5) is 4.34. The molecule has 1 N–H and O–H groups in total. The number of nitrogens with one attached hydrogen (secondary N) is 1. The summed E-state index contributed by atoms with van der Waals surface area (Å²) in [5.41, 5.74) is 2.25. The molecule has 15 heavy (non-hydrogen) atoms. The monoisotopic (exact) mass is 206 g/mol. The summed E-state index contributed by atoms with van der Waals surface area (Å²) in [5.74, 6) is 0.869. The Kier molecular flexibility index (Phi) is 2.99. The van der Waals surface area contributed by atoms with Crippen LogP contribution in [0.1, 0.15) is 18.1 Å². The van der Waals surface area contributed by atoms with Gasteiger partial charge in [0.1, 0.15) is 11.7 Å². The predicted octanol–water partition coefficient (Wildman–Crippen LogP) is 1.93. The van der Waals surface area contributed by atoms with Gasteiger partial charge in [-0.25, -0.2) is 4.39 Å². The van der Waals surface area contributed by atoms with Crippen molar-refractivity contribution >= 4 is 5.84 Å². The van der Waals surface area contributed by atoms with Gasteiger partial charge in [-0.3, -0.25) is 4.99 Å². The van der Waals surface area contributed by atoms with Crippen molar-refractivity contribution in [3.63, 3.8) is 0 Å². The van der Waals surface area contributed by atoms with E-state index in [2.05, 4.69) is 10.3 Å². The van der Waals surface area contributed by atoms with Crippen LogP contribution in [0.5, 0.6) is 0 Å². The molecule has 0 fully saturated rings. The molecule has 1 aliphatic rings. The Morgan fingerprint density at radius 1 is 1.40 bits per heavy atom. The Morgan fingerprint density at radius 3 is 2.93 bits per heavy atom. The molecule has 1 aromatic carbocycles. The molecular formula is C12H15FN2. The zero-order valence-corrected chi connectivity index (χ0v) is 8.89. The van der Waals surface area contributed by atoms with E-state index >= 15 is 0 Å². The summed E-state index contributed by atoms with van der Waals surface area (Å²) in [5, 5.41) is 3.23. The van der Waals surface area contributed by atoms with Crippen molar-refractivity contribution in [2.24, 2.45) is 4.99 Å². The van der Waals surface area contributed by atoms with Crippen molar-refractivity contribution in [3.8, 4) is 0 Å². The van der Waals surface area contributed by atoms with Crippen molar-refractivity contribution < 1.29 is 4.39 Å². The van der Waals surface area contributed by atoms with E-state index in [0.29, 0.717) is 0 Å². The van der Waals surface area contributed by atoms with E-state index in [9.17, 15) is 4.39 Å². The lowest BCUT2D eigenvalue weighted by atomic mass is 10.0. The molecule has 0 unspecified atom stereocenters. The number of hydrogen-bond acceptors (Lipinski definition) is 2. The summed E-state index contributed by atoms with van der Waals surface area (Å²) in [6, 6.07) is 4.99. The molecule has 1 heterocycles. The second-order valence-electron chi connectivity index (χ2n) is 3.70. The fourth-order valence-corrected chi connectivity index (χ4v) is 1.84. The van der Waals surface area contributed by atoms with Crippen LogP contribution in [-0.4, -0.2) is 18.9 Å². The average Bonchev–Trinajstić information content (AvgIpc) is 2.73. The van der Waals surface area contributed by atoms with Crippen molar-refractivity contribution in [1.82, 2.24) is 5.32 Å². The Bertz CT molecular complexity index is 385. The summed E-state index contributed by atoms with van der Waals surface area (Å²) >= 11 is 0. The number of hydrogen-bond donors (Lipinski definition) is 1. The Labute approximate surface area is 89.2 Å². The number of aryl methyl sites for hydroxylation is 1. The van der Waals surface area contributed by atoms with Crippen LogP contribution in [0.25, 0.3) is 0 Å². The quantitative estimate of drug-likeness (QED) is 0.803. The second-order valence-corrected chi connectivity index (χ2v) is 3.70.